The Hall–Kier alpha value is -3.08. The highest BCUT2D eigenvalue weighted by Gasteiger charge is 2.08. The van der Waals surface area contributed by atoms with E-state index in [9.17, 15) is 9.90 Å². The molecule has 1 N–H and O–H groups in total. The minimum absolute atomic E-state index is 0.0246. The number of allylic oxidation sites excluding steroid dienone is 1. The summed E-state index contributed by atoms with van der Waals surface area (Å²) in [6.45, 7) is 0. The van der Waals surface area contributed by atoms with Crippen molar-refractivity contribution in [3.63, 3.8) is 0 Å². The Morgan fingerprint density at radius 1 is 1.33 bits per heavy atom. The number of rotatable bonds is 5. The first kappa shape index (κ1) is 15.8. The van der Waals surface area contributed by atoms with Crippen LogP contribution in [0, 0.1) is 0 Å². The summed E-state index contributed by atoms with van der Waals surface area (Å²) >= 11 is 0. The molecule has 0 amide bonds. The van der Waals surface area contributed by atoms with Crippen molar-refractivity contribution in [1.82, 2.24) is 9.78 Å². The Morgan fingerprint density at radius 2 is 2.17 bits per heavy atom. The molecule has 0 radical (unpaired) electrons. The molecule has 0 saturated heterocycles. The molecule has 0 aliphatic heterocycles. The van der Waals surface area contributed by atoms with Gasteiger partial charge in [-0.2, -0.15) is 5.10 Å². The molecule has 5 heteroatoms. The van der Waals surface area contributed by atoms with Gasteiger partial charge in [0, 0.05) is 25.1 Å². The quantitative estimate of drug-likeness (QED) is 0.733. The van der Waals surface area contributed by atoms with Crippen molar-refractivity contribution in [2.75, 3.05) is 7.11 Å². The molecule has 3 rings (SSSR count). The average Bonchev–Trinajstić information content (AvgIpc) is 2.94. The van der Waals surface area contributed by atoms with Crippen LogP contribution >= 0.6 is 0 Å². The van der Waals surface area contributed by atoms with Crippen LogP contribution in [-0.2, 0) is 18.3 Å². The van der Waals surface area contributed by atoms with Gasteiger partial charge in [0.1, 0.15) is 0 Å². The predicted molar refractivity (Wildman–Crippen MR) is 93.1 cm³/mol. The maximum atomic E-state index is 12.2. The van der Waals surface area contributed by atoms with E-state index < -0.39 is 0 Å². The highest BCUT2D eigenvalue weighted by Crippen LogP contribution is 2.26. The number of carbonyl (C=O) groups is 1. The van der Waals surface area contributed by atoms with Gasteiger partial charge in [-0.05, 0) is 29.3 Å². The van der Waals surface area contributed by atoms with Crippen LogP contribution < -0.4 is 4.74 Å². The van der Waals surface area contributed by atoms with Crippen molar-refractivity contribution < 1.29 is 14.6 Å². The summed E-state index contributed by atoms with van der Waals surface area (Å²) in [5, 5.41) is 15.2. The molecule has 0 aliphatic carbocycles. The number of ketones is 1. The van der Waals surface area contributed by atoms with Crippen molar-refractivity contribution in [2.45, 2.75) is 6.42 Å². The van der Waals surface area contributed by atoms with E-state index in [2.05, 4.69) is 5.10 Å². The number of aryl methyl sites for hydroxylation is 1. The van der Waals surface area contributed by atoms with Crippen LogP contribution in [0.15, 0.2) is 48.7 Å². The number of nitrogens with zero attached hydrogens (tertiary/aromatic N) is 2. The lowest BCUT2D eigenvalue weighted by Crippen LogP contribution is -1.99. The molecule has 5 nitrogen and oxygen atoms in total. The number of hydrogen-bond donors (Lipinski definition) is 1. The summed E-state index contributed by atoms with van der Waals surface area (Å²) in [6, 6.07) is 10.8. The SMILES string of the molecule is COc1ccc(/C=C/C(=O)Cc2cccc3cn(C)nc23)cc1O. The zero-order chi connectivity index (χ0) is 17.1. The largest absolute Gasteiger partial charge is 0.504 e. The first-order chi connectivity index (χ1) is 11.6. The second kappa shape index (κ2) is 6.58. The summed E-state index contributed by atoms with van der Waals surface area (Å²) in [5.74, 6) is 0.425. The van der Waals surface area contributed by atoms with Gasteiger partial charge in [0.05, 0.1) is 12.6 Å². The minimum Gasteiger partial charge on any atom is -0.504 e. The van der Waals surface area contributed by atoms with E-state index in [-0.39, 0.29) is 18.0 Å². The fourth-order valence-electron chi connectivity index (χ4n) is 2.61. The monoisotopic (exact) mass is 322 g/mol. The lowest BCUT2D eigenvalue weighted by atomic mass is 10.1. The van der Waals surface area contributed by atoms with Crippen molar-refractivity contribution in [2.24, 2.45) is 7.05 Å². The minimum atomic E-state index is -0.0246. The molecule has 2 aromatic carbocycles. The first-order valence-corrected chi connectivity index (χ1v) is 7.56. The van der Waals surface area contributed by atoms with Gasteiger partial charge in [0.2, 0.25) is 0 Å². The summed E-state index contributed by atoms with van der Waals surface area (Å²) in [5.41, 5.74) is 2.49. The molecule has 0 atom stereocenters. The van der Waals surface area contributed by atoms with E-state index in [0.29, 0.717) is 5.75 Å². The van der Waals surface area contributed by atoms with E-state index in [1.165, 1.54) is 13.2 Å². The van der Waals surface area contributed by atoms with Gasteiger partial charge in [-0.15, -0.1) is 0 Å². The molecule has 0 saturated carbocycles. The Kier molecular flexibility index (Phi) is 4.33. The number of methoxy groups -OCH3 is 1. The Bertz CT molecular complexity index is 926. The number of fused-ring (bicyclic) bond motifs is 1. The molecule has 0 aliphatic rings. The van der Waals surface area contributed by atoms with Crippen LogP contribution in [-0.4, -0.2) is 27.8 Å². The van der Waals surface area contributed by atoms with Gasteiger partial charge in [-0.3, -0.25) is 9.48 Å². The van der Waals surface area contributed by atoms with E-state index >= 15 is 0 Å². The highest BCUT2D eigenvalue weighted by molar-refractivity contribution is 5.97. The van der Waals surface area contributed by atoms with E-state index in [0.717, 1.165) is 22.0 Å². The number of benzene rings is 2. The summed E-state index contributed by atoms with van der Waals surface area (Å²) < 4.78 is 6.74. The number of aromatic hydroxyl groups is 1. The summed E-state index contributed by atoms with van der Waals surface area (Å²) in [6.07, 6.45) is 5.41. The van der Waals surface area contributed by atoms with Crippen LogP contribution in [0.3, 0.4) is 0 Å². The third kappa shape index (κ3) is 3.30. The van der Waals surface area contributed by atoms with Gasteiger partial charge in [-0.25, -0.2) is 0 Å². The predicted octanol–water partition coefficient (Wildman–Crippen LogP) is 3.11. The molecule has 24 heavy (non-hydrogen) atoms. The van der Waals surface area contributed by atoms with Gasteiger partial charge in [-0.1, -0.05) is 30.3 Å². The van der Waals surface area contributed by atoms with Gasteiger partial charge >= 0.3 is 0 Å². The van der Waals surface area contributed by atoms with Crippen LogP contribution in [0.5, 0.6) is 11.5 Å². The highest BCUT2D eigenvalue weighted by atomic mass is 16.5. The van der Waals surface area contributed by atoms with Crippen LogP contribution in [0.1, 0.15) is 11.1 Å². The molecule has 1 aromatic heterocycles. The fraction of sp³-hybridized carbons (Fsp3) is 0.158. The third-order valence-corrected chi connectivity index (χ3v) is 3.76. The molecule has 0 bridgehead atoms. The van der Waals surface area contributed by atoms with Crippen LogP contribution in [0.2, 0.25) is 0 Å². The number of carbonyl (C=O) groups excluding carboxylic acids is 1. The lowest BCUT2D eigenvalue weighted by molar-refractivity contribution is -0.113. The first-order valence-electron chi connectivity index (χ1n) is 7.56. The normalized spacial score (nSPS) is 11.2. The average molecular weight is 322 g/mol. The summed E-state index contributed by atoms with van der Waals surface area (Å²) in [7, 11) is 3.36. The topological polar surface area (TPSA) is 64.4 Å². The molecular formula is C19H18N2O3. The second-order valence-corrected chi connectivity index (χ2v) is 5.57. The Balaban J connectivity index is 1.76. The fourth-order valence-corrected chi connectivity index (χ4v) is 2.61. The van der Waals surface area contributed by atoms with E-state index in [1.807, 2.05) is 31.4 Å². The molecule has 122 valence electrons. The maximum Gasteiger partial charge on any atom is 0.160 e. The Morgan fingerprint density at radius 3 is 2.92 bits per heavy atom. The van der Waals surface area contributed by atoms with Crippen LogP contribution in [0.25, 0.3) is 17.0 Å². The number of aromatic nitrogens is 2. The molecule has 1 heterocycles. The molecule has 3 aromatic rings. The molecule has 0 spiro atoms. The third-order valence-electron chi connectivity index (χ3n) is 3.76. The van der Waals surface area contributed by atoms with E-state index in [1.54, 1.807) is 29.0 Å². The van der Waals surface area contributed by atoms with Crippen LogP contribution in [0.4, 0.5) is 0 Å². The van der Waals surface area contributed by atoms with Crippen molar-refractivity contribution in [1.29, 1.82) is 0 Å². The standard InChI is InChI=1S/C19H18N2O3/c1-21-12-15-5-3-4-14(19(15)20-21)11-16(22)8-6-13-7-9-18(24-2)17(23)10-13/h3-10,12,23H,11H2,1-2H3/b8-6+. The second-order valence-electron chi connectivity index (χ2n) is 5.57. The van der Waals surface area contributed by atoms with Gasteiger partial charge in [0.25, 0.3) is 0 Å². The number of hydrogen-bond acceptors (Lipinski definition) is 4. The number of phenols is 1. The maximum absolute atomic E-state index is 12.2. The number of ether oxygens (including phenoxy) is 1. The smallest absolute Gasteiger partial charge is 0.160 e. The van der Waals surface area contributed by atoms with Crippen molar-refractivity contribution in [3.8, 4) is 11.5 Å². The van der Waals surface area contributed by atoms with Gasteiger partial charge < -0.3 is 9.84 Å². The molecular weight excluding hydrogens is 304 g/mol. The summed E-state index contributed by atoms with van der Waals surface area (Å²) in [4.78, 5) is 12.2. The van der Waals surface area contributed by atoms with Gasteiger partial charge in [0.15, 0.2) is 17.3 Å². The molecule has 0 fully saturated rings. The Labute approximate surface area is 139 Å². The van der Waals surface area contributed by atoms with Crippen molar-refractivity contribution >= 4 is 22.8 Å². The molecule has 0 unspecified atom stereocenters. The zero-order valence-corrected chi connectivity index (χ0v) is 13.6. The zero-order valence-electron chi connectivity index (χ0n) is 13.6. The number of phenolic OH excluding ortho intramolecular Hbond substituents is 1. The van der Waals surface area contributed by atoms with E-state index in [4.69, 9.17) is 4.74 Å². The lowest BCUT2D eigenvalue weighted by Gasteiger charge is -2.03. The van der Waals surface area contributed by atoms with Crippen molar-refractivity contribution in [3.05, 3.63) is 59.8 Å².